The Morgan fingerprint density at radius 3 is 2.35 bits per heavy atom. The largest absolute Gasteiger partial charge is 0.353 e. The number of hydrogen-bond donors (Lipinski definition) is 1. The van der Waals surface area contributed by atoms with E-state index in [0.29, 0.717) is 24.1 Å². The smallest absolute Gasteiger partial charge is 0.220 e. The molecule has 2 atom stereocenters. The van der Waals surface area contributed by atoms with Gasteiger partial charge in [0.2, 0.25) is 5.91 Å². The van der Waals surface area contributed by atoms with Crippen LogP contribution in [0.1, 0.15) is 58.8 Å². The van der Waals surface area contributed by atoms with Crippen molar-refractivity contribution in [1.29, 1.82) is 0 Å². The van der Waals surface area contributed by atoms with Crippen LogP contribution in [0.5, 0.6) is 0 Å². The van der Waals surface area contributed by atoms with Crippen LogP contribution in [0.2, 0.25) is 0 Å². The second-order valence-electron chi connectivity index (χ2n) is 5.55. The van der Waals surface area contributed by atoms with Crippen molar-refractivity contribution in [2.75, 3.05) is 5.88 Å². The van der Waals surface area contributed by atoms with Crippen LogP contribution in [0, 0.1) is 11.8 Å². The molecule has 3 heteroatoms. The van der Waals surface area contributed by atoms with Crippen LogP contribution in [0.15, 0.2) is 0 Å². The van der Waals surface area contributed by atoms with Gasteiger partial charge in [0, 0.05) is 18.3 Å². The number of hydrogen-bond acceptors (Lipinski definition) is 1. The lowest BCUT2D eigenvalue weighted by Crippen LogP contribution is -2.38. The van der Waals surface area contributed by atoms with Gasteiger partial charge >= 0.3 is 0 Å². The van der Waals surface area contributed by atoms with Crippen LogP contribution in [0.25, 0.3) is 0 Å². The molecule has 0 heterocycles. The Labute approximate surface area is 110 Å². The SMILES string of the molecule is CC(CCl)C(C)NC(=O)CC1CCCCCC1. The van der Waals surface area contributed by atoms with E-state index in [1.807, 2.05) is 6.92 Å². The highest BCUT2D eigenvalue weighted by Crippen LogP contribution is 2.25. The molecule has 0 saturated heterocycles. The second kappa shape index (κ2) is 7.97. The molecule has 0 aromatic heterocycles. The molecular weight excluding hydrogens is 234 g/mol. The van der Waals surface area contributed by atoms with Gasteiger partial charge < -0.3 is 5.32 Å². The van der Waals surface area contributed by atoms with Gasteiger partial charge in [0.25, 0.3) is 0 Å². The van der Waals surface area contributed by atoms with Crippen molar-refractivity contribution in [2.45, 2.75) is 64.8 Å². The van der Waals surface area contributed by atoms with E-state index in [9.17, 15) is 4.79 Å². The third-order valence-corrected chi connectivity index (χ3v) is 4.42. The van der Waals surface area contributed by atoms with Gasteiger partial charge in [0.05, 0.1) is 0 Å². The summed E-state index contributed by atoms with van der Waals surface area (Å²) in [5, 5.41) is 3.07. The van der Waals surface area contributed by atoms with Gasteiger partial charge in [-0.3, -0.25) is 4.79 Å². The molecule has 100 valence electrons. The van der Waals surface area contributed by atoms with Crippen molar-refractivity contribution in [3.05, 3.63) is 0 Å². The molecule has 0 bridgehead atoms. The molecule has 0 aliphatic heterocycles. The highest BCUT2D eigenvalue weighted by Gasteiger charge is 2.18. The minimum absolute atomic E-state index is 0.186. The zero-order valence-electron chi connectivity index (χ0n) is 11.2. The predicted molar refractivity (Wildman–Crippen MR) is 73.3 cm³/mol. The molecule has 1 aliphatic rings. The van der Waals surface area contributed by atoms with E-state index in [-0.39, 0.29) is 11.9 Å². The molecule has 0 radical (unpaired) electrons. The number of amides is 1. The Kier molecular flexibility index (Phi) is 6.94. The van der Waals surface area contributed by atoms with Gasteiger partial charge in [0.1, 0.15) is 0 Å². The Morgan fingerprint density at radius 2 is 1.82 bits per heavy atom. The Bertz CT molecular complexity index is 224. The Morgan fingerprint density at radius 1 is 1.24 bits per heavy atom. The summed E-state index contributed by atoms with van der Waals surface area (Å²) >= 11 is 5.79. The van der Waals surface area contributed by atoms with E-state index in [1.54, 1.807) is 0 Å². The fourth-order valence-electron chi connectivity index (χ4n) is 2.42. The predicted octanol–water partition coefficient (Wildman–Crippen LogP) is 3.73. The van der Waals surface area contributed by atoms with Crippen LogP contribution in [-0.2, 0) is 4.79 Å². The van der Waals surface area contributed by atoms with Crippen LogP contribution < -0.4 is 5.32 Å². The fourth-order valence-corrected chi connectivity index (χ4v) is 2.69. The van der Waals surface area contributed by atoms with Crippen LogP contribution >= 0.6 is 11.6 Å². The summed E-state index contributed by atoms with van der Waals surface area (Å²) in [7, 11) is 0. The summed E-state index contributed by atoms with van der Waals surface area (Å²) in [6.07, 6.45) is 8.45. The molecule has 17 heavy (non-hydrogen) atoms. The van der Waals surface area contributed by atoms with E-state index in [0.717, 1.165) is 0 Å². The highest BCUT2D eigenvalue weighted by atomic mass is 35.5. The standard InChI is InChI=1S/C14H26ClNO/c1-11(10-15)12(2)16-14(17)9-13-7-5-3-4-6-8-13/h11-13H,3-10H2,1-2H3,(H,16,17). The maximum atomic E-state index is 11.9. The first kappa shape index (κ1) is 14.8. The minimum Gasteiger partial charge on any atom is -0.353 e. The molecule has 1 N–H and O–H groups in total. The van der Waals surface area contributed by atoms with Gasteiger partial charge in [-0.25, -0.2) is 0 Å². The number of nitrogens with one attached hydrogen (secondary N) is 1. The normalized spacial score (nSPS) is 21.6. The van der Waals surface area contributed by atoms with Crippen molar-refractivity contribution in [3.63, 3.8) is 0 Å². The highest BCUT2D eigenvalue weighted by molar-refractivity contribution is 6.18. The summed E-state index contributed by atoms with van der Waals surface area (Å²) in [5.41, 5.74) is 0. The summed E-state index contributed by atoms with van der Waals surface area (Å²) in [6.45, 7) is 4.11. The molecule has 1 amide bonds. The van der Waals surface area contributed by atoms with E-state index >= 15 is 0 Å². The summed E-state index contributed by atoms with van der Waals surface area (Å²) in [4.78, 5) is 11.9. The Balaban J connectivity index is 2.27. The molecule has 1 saturated carbocycles. The topological polar surface area (TPSA) is 29.1 Å². The molecular formula is C14H26ClNO. The number of rotatable bonds is 5. The first-order valence-electron chi connectivity index (χ1n) is 6.98. The Hall–Kier alpha value is -0.240. The number of alkyl halides is 1. The van der Waals surface area contributed by atoms with E-state index < -0.39 is 0 Å². The minimum atomic E-state index is 0.186. The van der Waals surface area contributed by atoms with Crippen molar-refractivity contribution < 1.29 is 4.79 Å². The maximum Gasteiger partial charge on any atom is 0.220 e. The van der Waals surface area contributed by atoms with Crippen molar-refractivity contribution in [1.82, 2.24) is 5.32 Å². The molecule has 2 nitrogen and oxygen atoms in total. The van der Waals surface area contributed by atoms with Crippen molar-refractivity contribution in [3.8, 4) is 0 Å². The van der Waals surface area contributed by atoms with Crippen LogP contribution in [-0.4, -0.2) is 17.8 Å². The van der Waals surface area contributed by atoms with Gasteiger partial charge in [-0.15, -0.1) is 11.6 Å². The summed E-state index contributed by atoms with van der Waals surface area (Å²) < 4.78 is 0. The fraction of sp³-hybridized carbons (Fsp3) is 0.929. The average Bonchev–Trinajstić information content (AvgIpc) is 2.56. The summed E-state index contributed by atoms with van der Waals surface area (Å²) in [6, 6.07) is 0.186. The van der Waals surface area contributed by atoms with Gasteiger partial charge in [0.15, 0.2) is 0 Å². The van der Waals surface area contributed by atoms with Gasteiger partial charge in [-0.1, -0.05) is 32.6 Å². The molecule has 1 fully saturated rings. The van der Waals surface area contributed by atoms with Gasteiger partial charge in [-0.2, -0.15) is 0 Å². The molecule has 1 rings (SSSR count). The molecule has 2 unspecified atom stereocenters. The molecule has 0 aromatic rings. The van der Waals surface area contributed by atoms with Crippen molar-refractivity contribution >= 4 is 17.5 Å². The first-order valence-corrected chi connectivity index (χ1v) is 7.52. The quantitative estimate of drug-likeness (QED) is 0.592. The zero-order valence-corrected chi connectivity index (χ0v) is 11.9. The van der Waals surface area contributed by atoms with Crippen LogP contribution in [0.3, 0.4) is 0 Å². The van der Waals surface area contributed by atoms with Crippen molar-refractivity contribution in [2.24, 2.45) is 11.8 Å². The second-order valence-corrected chi connectivity index (χ2v) is 5.86. The third kappa shape index (κ3) is 5.76. The van der Waals surface area contributed by atoms with E-state index in [4.69, 9.17) is 11.6 Å². The monoisotopic (exact) mass is 259 g/mol. The molecule has 1 aliphatic carbocycles. The third-order valence-electron chi connectivity index (χ3n) is 3.93. The molecule has 0 aromatic carbocycles. The summed E-state index contributed by atoms with van der Waals surface area (Å²) in [5.74, 6) is 1.76. The lowest BCUT2D eigenvalue weighted by Gasteiger charge is -2.21. The average molecular weight is 260 g/mol. The van der Waals surface area contributed by atoms with E-state index in [2.05, 4.69) is 12.2 Å². The van der Waals surface area contributed by atoms with Gasteiger partial charge in [-0.05, 0) is 31.6 Å². The maximum absolute atomic E-state index is 11.9. The van der Waals surface area contributed by atoms with Crippen LogP contribution in [0.4, 0.5) is 0 Å². The number of halogens is 1. The van der Waals surface area contributed by atoms with E-state index in [1.165, 1.54) is 38.5 Å². The number of carbonyl (C=O) groups excluding carboxylic acids is 1. The zero-order chi connectivity index (χ0) is 12.7. The molecule has 0 spiro atoms. The first-order chi connectivity index (χ1) is 8.13. The lowest BCUT2D eigenvalue weighted by atomic mass is 9.96. The number of carbonyl (C=O) groups is 1. The lowest BCUT2D eigenvalue weighted by molar-refractivity contribution is -0.123.